The van der Waals surface area contributed by atoms with Gasteiger partial charge in [-0.15, -0.1) is 0 Å². The van der Waals surface area contributed by atoms with Crippen molar-refractivity contribution >= 4 is 59.7 Å². The molecule has 0 saturated heterocycles. The summed E-state index contributed by atoms with van der Waals surface area (Å²) in [4.78, 5) is 116. The molecule has 0 aromatic rings. The fraction of sp³-hybridized carbons (Fsp3) is 0.778. The predicted molar refractivity (Wildman–Crippen MR) is 243 cm³/mol. The third-order valence-electron chi connectivity index (χ3n) is 10.1. The molecule has 23 nitrogen and oxygen atoms in total. The van der Waals surface area contributed by atoms with E-state index >= 15 is 0 Å². The van der Waals surface area contributed by atoms with Gasteiger partial charge in [0.05, 0.1) is 39.6 Å². The number of ether oxygens (including phenoxy) is 4. The van der Waals surface area contributed by atoms with E-state index in [0.717, 1.165) is 57.8 Å². The van der Waals surface area contributed by atoms with Gasteiger partial charge in [-0.1, -0.05) is 77.0 Å². The van der Waals surface area contributed by atoms with Crippen molar-refractivity contribution in [1.82, 2.24) is 26.6 Å². The van der Waals surface area contributed by atoms with Gasteiger partial charge in [0.1, 0.15) is 31.3 Å². The first-order valence-electron chi connectivity index (χ1n) is 23.6. The normalized spacial score (nSPS) is 12.2. The summed E-state index contributed by atoms with van der Waals surface area (Å²) < 4.78 is 21.0. The molecule has 0 aromatic carbocycles. The van der Waals surface area contributed by atoms with Gasteiger partial charge < -0.3 is 66.0 Å². The van der Waals surface area contributed by atoms with E-state index in [-0.39, 0.29) is 111 Å². The summed E-state index contributed by atoms with van der Waals surface area (Å²) in [5.74, 6) is -7.45. The number of hydrogen-bond acceptors (Lipinski definition) is 14. The lowest BCUT2D eigenvalue weighted by atomic mass is 10.0. The third-order valence-corrected chi connectivity index (χ3v) is 10.1. The molecule has 0 aliphatic carbocycles. The van der Waals surface area contributed by atoms with Gasteiger partial charge in [0.2, 0.25) is 29.5 Å². The molecule has 0 spiro atoms. The summed E-state index contributed by atoms with van der Waals surface area (Å²) in [6, 6.07) is -3.95. The van der Waals surface area contributed by atoms with Crippen LogP contribution in [-0.2, 0) is 66.9 Å². The van der Waals surface area contributed by atoms with Gasteiger partial charge >= 0.3 is 23.9 Å². The number of carboxylic acid groups (broad SMARTS) is 4. The Morgan fingerprint density at radius 3 is 1.18 bits per heavy atom. The van der Waals surface area contributed by atoms with E-state index in [2.05, 4.69) is 26.6 Å². The number of carbonyl (C=O) groups is 9. The lowest BCUT2D eigenvalue weighted by molar-refractivity contribution is -0.143. The van der Waals surface area contributed by atoms with Gasteiger partial charge in [0.15, 0.2) is 6.29 Å². The molecule has 389 valence electrons. The molecule has 0 rings (SSSR count). The van der Waals surface area contributed by atoms with Crippen molar-refractivity contribution in [3.8, 4) is 0 Å². The van der Waals surface area contributed by atoms with Crippen molar-refractivity contribution in [3.05, 3.63) is 0 Å². The van der Waals surface area contributed by atoms with Crippen LogP contribution in [-0.4, -0.2) is 164 Å². The summed E-state index contributed by atoms with van der Waals surface area (Å²) >= 11 is 0. The summed E-state index contributed by atoms with van der Waals surface area (Å²) in [7, 11) is 0. The molecular weight excluding hydrogens is 899 g/mol. The molecule has 0 aliphatic rings. The van der Waals surface area contributed by atoms with Crippen LogP contribution >= 0.6 is 0 Å². The van der Waals surface area contributed by atoms with E-state index in [1.165, 1.54) is 25.7 Å². The highest BCUT2D eigenvalue weighted by Gasteiger charge is 2.25. The van der Waals surface area contributed by atoms with Crippen LogP contribution in [0.15, 0.2) is 0 Å². The van der Waals surface area contributed by atoms with Gasteiger partial charge in [-0.05, 0) is 32.1 Å². The molecule has 0 heterocycles. The Morgan fingerprint density at radius 2 is 0.735 bits per heavy atom. The summed E-state index contributed by atoms with van der Waals surface area (Å²) in [6.45, 7) is 0.215. The van der Waals surface area contributed by atoms with Crippen molar-refractivity contribution in [1.29, 1.82) is 0 Å². The standard InChI is InChI=1S/C45H76N5O18/c51-25-15-16-34(43(59)60)50-41(56)33-68-31-29-66-27-24-47-40(55)32-67-30-28-65-26-23-46-37(52)21-19-35(44(61)62)49-39(54)22-20-36(45(63)64)48-38(53)17-13-11-9-7-5-3-1-2-4-6-8-10-12-14-18-42(57)58/h34-36H,1-24,26-33H2,(H,46,52)(H,47,55)(H,48,53)(H,49,54)(H,50,56)(H,57,58)(H,59,60)(H,61,62)(H,63,64)/t34-,35-,36-/m0/s1. The van der Waals surface area contributed by atoms with E-state index in [1.807, 2.05) is 0 Å². The molecule has 5 amide bonds. The molecule has 0 unspecified atom stereocenters. The minimum Gasteiger partial charge on any atom is -0.481 e. The van der Waals surface area contributed by atoms with Crippen molar-refractivity contribution in [2.75, 3.05) is 65.9 Å². The fourth-order valence-electron chi connectivity index (χ4n) is 6.41. The zero-order valence-electron chi connectivity index (χ0n) is 39.4. The molecule has 1 radical (unpaired) electrons. The number of amides is 5. The number of carbonyl (C=O) groups excluding carboxylic acids is 6. The number of nitrogens with one attached hydrogen (secondary N) is 5. The predicted octanol–water partition coefficient (Wildman–Crippen LogP) is 1.77. The third kappa shape index (κ3) is 39.9. The average Bonchev–Trinajstić information content (AvgIpc) is 3.28. The first-order chi connectivity index (χ1) is 32.7. The molecule has 0 bridgehead atoms. The zero-order valence-corrected chi connectivity index (χ0v) is 39.4. The first-order valence-corrected chi connectivity index (χ1v) is 23.6. The number of carboxylic acids is 4. The van der Waals surface area contributed by atoms with Gasteiger partial charge in [-0.2, -0.15) is 0 Å². The Balaban J connectivity index is 3.98. The molecule has 23 heteroatoms. The Bertz CT molecular complexity index is 1480. The molecular formula is C45H76N5O18. The topological polar surface area (TPSA) is 349 Å². The van der Waals surface area contributed by atoms with Gasteiger partial charge in [-0.3, -0.25) is 33.6 Å². The smallest absolute Gasteiger partial charge is 0.326 e. The monoisotopic (exact) mass is 975 g/mol. The molecule has 68 heavy (non-hydrogen) atoms. The molecule has 0 fully saturated rings. The van der Waals surface area contributed by atoms with Crippen LogP contribution in [0.4, 0.5) is 0 Å². The van der Waals surface area contributed by atoms with E-state index in [0.29, 0.717) is 6.42 Å². The van der Waals surface area contributed by atoms with Crippen LogP contribution in [0.2, 0.25) is 0 Å². The quantitative estimate of drug-likeness (QED) is 0.0392. The van der Waals surface area contributed by atoms with E-state index in [4.69, 9.17) is 29.2 Å². The Morgan fingerprint density at radius 1 is 0.382 bits per heavy atom. The zero-order chi connectivity index (χ0) is 50.6. The Kier molecular flexibility index (Phi) is 39.7. The van der Waals surface area contributed by atoms with Crippen LogP contribution in [0, 0.1) is 0 Å². The molecule has 0 aromatic heterocycles. The highest BCUT2D eigenvalue weighted by molar-refractivity contribution is 5.87. The SMILES string of the molecule is O=[C]CC[C@H](NC(=O)COCCOCCNC(=O)COCCOCCNC(=O)CC[C@H](NC(=O)CC[C@H](NC(=O)CCCCCCCCCCCCCCCCC(=O)O)C(=O)O)C(=O)O)C(=O)O. The van der Waals surface area contributed by atoms with E-state index in [9.17, 15) is 58.2 Å². The summed E-state index contributed by atoms with van der Waals surface area (Å²) in [5.41, 5.74) is 0. The maximum atomic E-state index is 12.5. The van der Waals surface area contributed by atoms with Gasteiger partial charge in [0, 0.05) is 45.2 Å². The number of unbranched alkanes of at least 4 members (excludes halogenated alkanes) is 13. The molecule has 0 aliphatic heterocycles. The maximum Gasteiger partial charge on any atom is 0.326 e. The number of hydrogen-bond donors (Lipinski definition) is 9. The second-order valence-corrected chi connectivity index (χ2v) is 16.0. The van der Waals surface area contributed by atoms with Crippen molar-refractivity contribution in [2.24, 2.45) is 0 Å². The van der Waals surface area contributed by atoms with E-state index in [1.54, 1.807) is 6.29 Å². The van der Waals surface area contributed by atoms with Crippen LogP contribution in [0.1, 0.15) is 141 Å². The lowest BCUT2D eigenvalue weighted by Crippen LogP contribution is -2.44. The molecule has 9 N–H and O–H groups in total. The van der Waals surface area contributed by atoms with Crippen LogP contribution in [0.3, 0.4) is 0 Å². The van der Waals surface area contributed by atoms with Gasteiger partial charge in [0.25, 0.3) is 0 Å². The largest absolute Gasteiger partial charge is 0.481 e. The highest BCUT2D eigenvalue weighted by atomic mass is 16.5. The lowest BCUT2D eigenvalue weighted by Gasteiger charge is -2.17. The second-order valence-electron chi connectivity index (χ2n) is 16.0. The van der Waals surface area contributed by atoms with Crippen molar-refractivity contribution < 1.29 is 87.3 Å². The fourth-order valence-corrected chi connectivity index (χ4v) is 6.41. The molecule has 0 saturated carbocycles. The van der Waals surface area contributed by atoms with Crippen molar-refractivity contribution in [3.63, 3.8) is 0 Å². The maximum absolute atomic E-state index is 12.5. The second kappa shape index (κ2) is 43.0. The van der Waals surface area contributed by atoms with Gasteiger partial charge in [-0.25, -0.2) is 14.4 Å². The number of aliphatic carboxylic acids is 4. The first kappa shape index (κ1) is 62.7. The Hall–Kier alpha value is -5.26. The van der Waals surface area contributed by atoms with Crippen LogP contribution in [0.25, 0.3) is 0 Å². The van der Waals surface area contributed by atoms with Crippen molar-refractivity contribution in [2.45, 2.75) is 159 Å². The summed E-state index contributed by atoms with van der Waals surface area (Å²) in [6.07, 6.45) is 15.1. The average molecular weight is 975 g/mol. The Labute approximate surface area is 398 Å². The minimum absolute atomic E-state index is 0.0389. The number of rotatable bonds is 48. The van der Waals surface area contributed by atoms with E-state index < -0.39 is 78.1 Å². The van der Waals surface area contributed by atoms with Crippen LogP contribution < -0.4 is 26.6 Å². The minimum atomic E-state index is -1.40. The van der Waals surface area contributed by atoms with Crippen LogP contribution in [0.5, 0.6) is 0 Å². The highest BCUT2D eigenvalue weighted by Crippen LogP contribution is 2.14. The summed E-state index contributed by atoms with van der Waals surface area (Å²) in [5, 5.41) is 48.9. The molecule has 3 atom stereocenters.